The van der Waals surface area contributed by atoms with Crippen LogP contribution in [0, 0.1) is 0 Å². The lowest BCUT2D eigenvalue weighted by Gasteiger charge is -2.32. The van der Waals surface area contributed by atoms with Crippen molar-refractivity contribution in [3.8, 4) is 0 Å². The molecular weight excluding hydrogens is 331 g/mol. The zero-order valence-electron chi connectivity index (χ0n) is 12.4. The fourth-order valence-corrected chi connectivity index (χ4v) is 2.90. The van der Waals surface area contributed by atoms with Crippen LogP contribution in [0.15, 0.2) is 12.3 Å². The third-order valence-corrected chi connectivity index (χ3v) is 3.82. The molecule has 130 valence electrons. The van der Waals surface area contributed by atoms with Crippen LogP contribution in [0.25, 0.3) is 0 Å². The van der Waals surface area contributed by atoms with Crippen LogP contribution in [-0.2, 0) is 18.6 Å². The fraction of sp³-hybridized carbons (Fsp3) is 0.750. The van der Waals surface area contributed by atoms with Crippen LogP contribution >= 0.6 is 8.25 Å². The summed E-state index contributed by atoms with van der Waals surface area (Å²) in [5.74, 6) is 0. The highest BCUT2D eigenvalue weighted by atomic mass is 31.1. The van der Waals surface area contributed by atoms with Gasteiger partial charge in [0.2, 0.25) is 0 Å². The number of aliphatic hydroxyl groups is 2. The van der Waals surface area contributed by atoms with E-state index in [1.807, 2.05) is 6.92 Å². The van der Waals surface area contributed by atoms with Crippen LogP contribution in [0.1, 0.15) is 13.3 Å². The Hall–Kier alpha value is -1.13. The molecule has 2 amide bonds. The van der Waals surface area contributed by atoms with Crippen molar-refractivity contribution in [3.63, 3.8) is 0 Å². The Labute approximate surface area is 133 Å². The van der Waals surface area contributed by atoms with Gasteiger partial charge in [0.05, 0.1) is 6.61 Å². The summed E-state index contributed by atoms with van der Waals surface area (Å²) in [6.07, 6.45) is -1.57. The molecule has 0 aromatic rings. The molecule has 0 bridgehead atoms. The van der Waals surface area contributed by atoms with Crippen LogP contribution in [-0.4, -0.2) is 70.0 Å². The summed E-state index contributed by atoms with van der Waals surface area (Å²) in [6, 6.07) is -0.624. The number of carbonyl (C=O) groups is 1. The van der Waals surface area contributed by atoms with E-state index >= 15 is 0 Å². The molecule has 2 rings (SSSR count). The van der Waals surface area contributed by atoms with Gasteiger partial charge in [-0.15, -0.1) is 9.42 Å². The van der Waals surface area contributed by atoms with Crippen molar-refractivity contribution in [2.24, 2.45) is 0 Å². The minimum atomic E-state index is -2.94. The summed E-state index contributed by atoms with van der Waals surface area (Å²) < 4.78 is 27.1. The second kappa shape index (κ2) is 8.11. The summed E-state index contributed by atoms with van der Waals surface area (Å²) in [4.78, 5) is 22.1. The van der Waals surface area contributed by atoms with E-state index in [9.17, 15) is 19.6 Å². The van der Waals surface area contributed by atoms with Gasteiger partial charge in [0.1, 0.15) is 18.4 Å². The van der Waals surface area contributed by atoms with Crippen LogP contribution < -0.4 is 5.32 Å². The van der Waals surface area contributed by atoms with Gasteiger partial charge in [-0.2, -0.15) is 0 Å². The standard InChI is InChI=1S/C12H19N2O8P/c1-2-5-20-10-9(22-23(18)19)7(6-15)21-11(10)14-4-3-8(16)13-12(14)17/h3-4,7-11,15-16H,2,5-6H2,1H3,(H-,13,17,18,19)/p+1/t7-,8?,9+,10?,11-/m1/s1. The van der Waals surface area contributed by atoms with E-state index in [4.69, 9.17) is 18.9 Å². The zero-order chi connectivity index (χ0) is 17.0. The van der Waals surface area contributed by atoms with E-state index in [0.717, 1.165) is 4.90 Å². The lowest BCUT2D eigenvalue weighted by molar-refractivity contribution is -0.0848. The molecule has 23 heavy (non-hydrogen) atoms. The number of nitrogens with zero attached hydrogens (tertiary/aromatic N) is 1. The van der Waals surface area contributed by atoms with E-state index in [0.29, 0.717) is 13.0 Å². The Morgan fingerprint density at radius 2 is 2.22 bits per heavy atom. The first-order chi connectivity index (χ1) is 11.0. The number of ether oxygens (including phenoxy) is 2. The summed E-state index contributed by atoms with van der Waals surface area (Å²) in [7, 11) is -2.94. The summed E-state index contributed by atoms with van der Waals surface area (Å²) >= 11 is 0. The highest BCUT2D eigenvalue weighted by molar-refractivity contribution is 7.32. The summed E-state index contributed by atoms with van der Waals surface area (Å²) in [5, 5.41) is 21.0. The summed E-state index contributed by atoms with van der Waals surface area (Å²) in [5.41, 5.74) is 0. The van der Waals surface area contributed by atoms with Gasteiger partial charge in [0, 0.05) is 17.4 Å². The van der Waals surface area contributed by atoms with Crippen LogP contribution in [0.5, 0.6) is 0 Å². The molecular formula is C12H20N2O8P+. The molecule has 2 heterocycles. The van der Waals surface area contributed by atoms with E-state index < -0.39 is 51.7 Å². The van der Waals surface area contributed by atoms with E-state index in [1.165, 1.54) is 12.3 Å². The van der Waals surface area contributed by atoms with Gasteiger partial charge in [-0.25, -0.2) is 4.79 Å². The number of hydrogen-bond acceptors (Lipinski definition) is 7. The molecule has 0 spiro atoms. The quantitative estimate of drug-likeness (QED) is 0.446. The molecule has 11 heteroatoms. The zero-order valence-corrected chi connectivity index (χ0v) is 13.3. The van der Waals surface area contributed by atoms with Gasteiger partial charge in [-0.3, -0.25) is 4.90 Å². The van der Waals surface area contributed by atoms with E-state index in [1.54, 1.807) is 0 Å². The number of aliphatic hydroxyl groups excluding tert-OH is 2. The molecule has 0 radical (unpaired) electrons. The normalized spacial score (nSPS) is 34.6. The molecule has 0 saturated carbocycles. The van der Waals surface area contributed by atoms with Crippen molar-refractivity contribution in [2.75, 3.05) is 13.2 Å². The average molecular weight is 351 g/mol. The number of nitrogens with one attached hydrogen (secondary N) is 1. The van der Waals surface area contributed by atoms with Crippen molar-refractivity contribution < 1.29 is 38.5 Å². The molecule has 1 saturated heterocycles. The second-order valence-corrected chi connectivity index (χ2v) is 5.72. The largest absolute Gasteiger partial charge is 0.695 e. The van der Waals surface area contributed by atoms with E-state index in [-0.39, 0.29) is 0 Å². The second-order valence-electron chi connectivity index (χ2n) is 5.03. The first-order valence-corrected chi connectivity index (χ1v) is 8.27. The lowest BCUT2D eigenvalue weighted by Crippen LogP contribution is -2.53. The van der Waals surface area contributed by atoms with Crippen molar-refractivity contribution >= 4 is 14.3 Å². The predicted octanol–water partition coefficient (Wildman–Crippen LogP) is -0.609. The Morgan fingerprint density at radius 3 is 2.78 bits per heavy atom. The van der Waals surface area contributed by atoms with Gasteiger partial charge in [0.15, 0.2) is 12.3 Å². The monoisotopic (exact) mass is 351 g/mol. The smallest absolute Gasteiger partial charge is 0.394 e. The third kappa shape index (κ3) is 4.24. The molecule has 2 aliphatic rings. The minimum Gasteiger partial charge on any atom is -0.394 e. The molecule has 1 fully saturated rings. The highest BCUT2D eigenvalue weighted by Crippen LogP contribution is 2.34. The molecule has 0 aromatic heterocycles. The van der Waals surface area contributed by atoms with Crippen LogP contribution in [0.3, 0.4) is 0 Å². The molecule has 0 aliphatic carbocycles. The van der Waals surface area contributed by atoms with Crippen LogP contribution in [0.2, 0.25) is 0 Å². The molecule has 3 unspecified atom stereocenters. The number of carbonyl (C=O) groups excluding carboxylic acids is 1. The molecule has 6 atom stereocenters. The number of urea groups is 1. The maximum absolute atomic E-state index is 12.0. The van der Waals surface area contributed by atoms with Gasteiger partial charge in [0.25, 0.3) is 0 Å². The maximum Gasteiger partial charge on any atom is 0.695 e. The van der Waals surface area contributed by atoms with Crippen molar-refractivity contribution in [1.82, 2.24) is 10.2 Å². The maximum atomic E-state index is 12.0. The van der Waals surface area contributed by atoms with Gasteiger partial charge >= 0.3 is 14.3 Å². The molecule has 2 aliphatic heterocycles. The molecule has 10 nitrogen and oxygen atoms in total. The highest BCUT2D eigenvalue weighted by Gasteiger charge is 2.53. The predicted molar refractivity (Wildman–Crippen MR) is 76.0 cm³/mol. The van der Waals surface area contributed by atoms with Crippen molar-refractivity contribution in [1.29, 1.82) is 0 Å². The topological polar surface area (TPSA) is 138 Å². The summed E-state index contributed by atoms with van der Waals surface area (Å²) in [6.45, 7) is 1.71. The average Bonchev–Trinajstić information content (AvgIpc) is 2.82. The fourth-order valence-electron chi connectivity index (χ4n) is 2.43. The lowest BCUT2D eigenvalue weighted by atomic mass is 10.1. The van der Waals surface area contributed by atoms with Crippen molar-refractivity contribution in [3.05, 3.63) is 12.3 Å². The Balaban J connectivity index is 2.23. The Morgan fingerprint density at radius 1 is 1.48 bits per heavy atom. The molecule has 4 N–H and O–H groups in total. The molecule has 0 aromatic carbocycles. The SMILES string of the molecule is CCCOC1[C@@H](O[P+](=O)O)[C@@H](CO)O[C@H]1N1C=CC(O)NC1=O. The number of hydrogen-bond donors (Lipinski definition) is 4. The Bertz CT molecular complexity index is 476. The number of rotatable bonds is 7. The first-order valence-electron chi connectivity index (χ1n) is 7.14. The van der Waals surface area contributed by atoms with E-state index in [2.05, 4.69) is 5.32 Å². The number of amides is 2. The third-order valence-electron chi connectivity index (χ3n) is 3.40. The van der Waals surface area contributed by atoms with Gasteiger partial charge < -0.3 is 25.0 Å². The first kappa shape index (κ1) is 18.2. The Kier molecular flexibility index (Phi) is 6.42. The van der Waals surface area contributed by atoms with Gasteiger partial charge in [-0.1, -0.05) is 6.92 Å². The van der Waals surface area contributed by atoms with Crippen molar-refractivity contribution in [2.45, 2.75) is 44.1 Å². The van der Waals surface area contributed by atoms with Crippen LogP contribution in [0.4, 0.5) is 4.79 Å². The van der Waals surface area contributed by atoms with Gasteiger partial charge in [-0.05, 0) is 12.5 Å². The minimum absolute atomic E-state index is 0.312.